The van der Waals surface area contributed by atoms with Crippen LogP contribution in [0.5, 0.6) is 0 Å². The average Bonchev–Trinajstić information content (AvgIpc) is 2.39. The van der Waals surface area contributed by atoms with Gasteiger partial charge < -0.3 is 0 Å². The van der Waals surface area contributed by atoms with Gasteiger partial charge in [0, 0.05) is 25.4 Å². The molecule has 1 aliphatic rings. The summed E-state index contributed by atoms with van der Waals surface area (Å²) < 4.78 is 0. The number of nitrogens with zero attached hydrogens (tertiary/aromatic N) is 1. The maximum atomic E-state index is 12.2. The zero-order valence-electron chi connectivity index (χ0n) is 12.1. The lowest BCUT2D eigenvalue weighted by molar-refractivity contribution is -0.125. The Bertz CT molecular complexity index is 399. The number of piperidine rings is 1. The molecule has 1 saturated heterocycles. The molecule has 1 atom stereocenters. The summed E-state index contributed by atoms with van der Waals surface area (Å²) in [5, 5.41) is 0. The Morgan fingerprint density at radius 2 is 2.05 bits per heavy atom. The minimum Gasteiger partial charge on any atom is -0.299 e. The van der Waals surface area contributed by atoms with Crippen molar-refractivity contribution in [3.8, 4) is 0 Å². The smallest absolute Gasteiger partial charge is 0.137 e. The maximum Gasteiger partial charge on any atom is 0.137 e. The predicted molar refractivity (Wildman–Crippen MR) is 78.9 cm³/mol. The van der Waals surface area contributed by atoms with E-state index in [1.54, 1.807) is 0 Å². The van der Waals surface area contributed by atoms with E-state index in [-0.39, 0.29) is 5.92 Å². The summed E-state index contributed by atoms with van der Waals surface area (Å²) in [6.45, 7) is 7.30. The van der Waals surface area contributed by atoms with Crippen molar-refractivity contribution in [3.05, 3.63) is 35.9 Å². The molecule has 0 bridgehead atoms. The van der Waals surface area contributed by atoms with Crippen LogP contribution in [0, 0.1) is 11.8 Å². The van der Waals surface area contributed by atoms with E-state index in [4.69, 9.17) is 0 Å². The zero-order chi connectivity index (χ0) is 13.7. The second-order valence-electron chi connectivity index (χ2n) is 6.12. The topological polar surface area (TPSA) is 20.3 Å². The Balaban J connectivity index is 1.88. The largest absolute Gasteiger partial charge is 0.299 e. The second-order valence-corrected chi connectivity index (χ2v) is 6.12. The van der Waals surface area contributed by atoms with Crippen LogP contribution in [0.4, 0.5) is 0 Å². The zero-order valence-corrected chi connectivity index (χ0v) is 12.1. The van der Waals surface area contributed by atoms with Crippen molar-refractivity contribution in [1.29, 1.82) is 0 Å². The van der Waals surface area contributed by atoms with Gasteiger partial charge in [0.1, 0.15) is 5.78 Å². The van der Waals surface area contributed by atoms with E-state index in [1.807, 2.05) is 0 Å². The first-order valence-electron chi connectivity index (χ1n) is 7.44. The van der Waals surface area contributed by atoms with Crippen molar-refractivity contribution in [2.75, 3.05) is 13.1 Å². The second kappa shape index (κ2) is 6.85. The van der Waals surface area contributed by atoms with E-state index in [2.05, 4.69) is 49.1 Å². The Kier molecular flexibility index (Phi) is 5.15. The highest BCUT2D eigenvalue weighted by Crippen LogP contribution is 2.21. The first-order chi connectivity index (χ1) is 9.15. The van der Waals surface area contributed by atoms with Gasteiger partial charge in [-0.3, -0.25) is 9.69 Å². The molecule has 0 spiro atoms. The highest BCUT2D eigenvalue weighted by Gasteiger charge is 2.25. The van der Waals surface area contributed by atoms with Crippen LogP contribution in [0.25, 0.3) is 0 Å². The molecule has 1 aromatic carbocycles. The van der Waals surface area contributed by atoms with Crippen molar-refractivity contribution in [2.24, 2.45) is 11.8 Å². The van der Waals surface area contributed by atoms with Crippen molar-refractivity contribution in [2.45, 2.75) is 39.7 Å². The fraction of sp³-hybridized carbons (Fsp3) is 0.588. The van der Waals surface area contributed by atoms with E-state index < -0.39 is 0 Å². The molecule has 2 nitrogen and oxygen atoms in total. The van der Waals surface area contributed by atoms with Crippen molar-refractivity contribution in [3.63, 3.8) is 0 Å². The number of carbonyl (C=O) groups excluding carboxylic acids is 1. The first-order valence-corrected chi connectivity index (χ1v) is 7.44. The monoisotopic (exact) mass is 259 g/mol. The molecule has 1 aliphatic heterocycles. The molecule has 0 saturated carbocycles. The third kappa shape index (κ3) is 4.46. The van der Waals surface area contributed by atoms with Gasteiger partial charge in [-0.15, -0.1) is 0 Å². The van der Waals surface area contributed by atoms with Gasteiger partial charge in [0.15, 0.2) is 0 Å². The lowest BCUT2D eigenvalue weighted by Gasteiger charge is -2.32. The maximum absolute atomic E-state index is 12.2. The molecule has 0 amide bonds. The number of ketones is 1. The van der Waals surface area contributed by atoms with Crippen LogP contribution in [-0.4, -0.2) is 23.8 Å². The molecular formula is C17H25NO. The van der Waals surface area contributed by atoms with E-state index >= 15 is 0 Å². The van der Waals surface area contributed by atoms with Gasteiger partial charge in [-0.2, -0.15) is 0 Å². The Morgan fingerprint density at radius 3 is 2.74 bits per heavy atom. The molecule has 19 heavy (non-hydrogen) atoms. The van der Waals surface area contributed by atoms with Gasteiger partial charge in [0.25, 0.3) is 0 Å². The van der Waals surface area contributed by atoms with Crippen molar-refractivity contribution in [1.82, 2.24) is 4.90 Å². The summed E-state index contributed by atoms with van der Waals surface area (Å²) in [6, 6.07) is 10.6. The van der Waals surface area contributed by atoms with Gasteiger partial charge in [0.05, 0.1) is 0 Å². The quantitative estimate of drug-likeness (QED) is 0.806. The number of hydrogen-bond acceptors (Lipinski definition) is 2. The van der Waals surface area contributed by atoms with Gasteiger partial charge in [-0.05, 0) is 30.9 Å². The molecule has 0 N–H and O–H groups in total. The van der Waals surface area contributed by atoms with Crippen LogP contribution in [0.1, 0.15) is 38.7 Å². The molecule has 2 heteroatoms. The molecule has 1 aromatic rings. The fourth-order valence-electron chi connectivity index (χ4n) is 2.87. The molecular weight excluding hydrogens is 234 g/mol. The van der Waals surface area contributed by atoms with Gasteiger partial charge >= 0.3 is 0 Å². The SMILES string of the molecule is CC(C)CC(=O)C1CCCN(Cc2ccccc2)C1. The molecule has 1 unspecified atom stereocenters. The first kappa shape index (κ1) is 14.3. The lowest BCUT2D eigenvalue weighted by atomic mass is 9.89. The molecule has 0 aliphatic carbocycles. The fourth-order valence-corrected chi connectivity index (χ4v) is 2.87. The summed E-state index contributed by atoms with van der Waals surface area (Å²) in [4.78, 5) is 14.6. The van der Waals surface area contributed by atoms with Crippen LogP contribution in [0.15, 0.2) is 30.3 Å². The van der Waals surface area contributed by atoms with E-state index in [0.717, 1.165) is 38.9 Å². The molecule has 0 radical (unpaired) electrons. The Hall–Kier alpha value is -1.15. The average molecular weight is 259 g/mol. The summed E-state index contributed by atoms with van der Waals surface area (Å²) in [6.07, 6.45) is 2.97. The third-order valence-corrected chi connectivity index (χ3v) is 3.82. The number of carbonyl (C=O) groups is 1. The predicted octanol–water partition coefficient (Wildman–Crippen LogP) is 3.51. The lowest BCUT2D eigenvalue weighted by Crippen LogP contribution is -2.38. The van der Waals surface area contributed by atoms with E-state index in [0.29, 0.717) is 11.7 Å². The highest BCUT2D eigenvalue weighted by molar-refractivity contribution is 5.81. The summed E-state index contributed by atoms with van der Waals surface area (Å²) in [7, 11) is 0. The van der Waals surface area contributed by atoms with Crippen LogP contribution in [0.3, 0.4) is 0 Å². The Morgan fingerprint density at radius 1 is 1.32 bits per heavy atom. The van der Waals surface area contributed by atoms with Crippen LogP contribution >= 0.6 is 0 Å². The van der Waals surface area contributed by atoms with Gasteiger partial charge in [0.2, 0.25) is 0 Å². The van der Waals surface area contributed by atoms with Gasteiger partial charge in [-0.1, -0.05) is 44.2 Å². The van der Waals surface area contributed by atoms with E-state index in [9.17, 15) is 4.79 Å². The normalized spacial score (nSPS) is 20.7. The molecule has 1 heterocycles. The van der Waals surface area contributed by atoms with Crippen molar-refractivity contribution < 1.29 is 4.79 Å². The minimum absolute atomic E-state index is 0.264. The summed E-state index contributed by atoms with van der Waals surface area (Å²) in [5.74, 6) is 1.21. The van der Waals surface area contributed by atoms with Crippen LogP contribution < -0.4 is 0 Å². The Labute approximate surface area is 116 Å². The molecule has 104 valence electrons. The van der Waals surface area contributed by atoms with Gasteiger partial charge in [-0.25, -0.2) is 0 Å². The van der Waals surface area contributed by atoms with Crippen LogP contribution in [0.2, 0.25) is 0 Å². The third-order valence-electron chi connectivity index (χ3n) is 3.82. The minimum atomic E-state index is 0.264. The number of hydrogen-bond donors (Lipinski definition) is 0. The number of Topliss-reactive ketones (excluding diaryl/α,β-unsaturated/α-hetero) is 1. The summed E-state index contributed by atoms with van der Waals surface area (Å²) >= 11 is 0. The molecule has 2 rings (SSSR count). The standard InChI is InChI=1S/C17H25NO/c1-14(2)11-17(19)16-9-6-10-18(13-16)12-15-7-4-3-5-8-15/h3-5,7-8,14,16H,6,9-13H2,1-2H3. The van der Waals surface area contributed by atoms with Crippen LogP contribution in [-0.2, 0) is 11.3 Å². The highest BCUT2D eigenvalue weighted by atomic mass is 16.1. The number of rotatable bonds is 5. The van der Waals surface area contributed by atoms with E-state index in [1.165, 1.54) is 5.56 Å². The molecule has 1 fully saturated rings. The number of likely N-dealkylation sites (tertiary alicyclic amines) is 1. The van der Waals surface area contributed by atoms with Crippen molar-refractivity contribution >= 4 is 5.78 Å². The molecule has 0 aromatic heterocycles. The number of benzene rings is 1. The summed E-state index contributed by atoms with van der Waals surface area (Å²) in [5.41, 5.74) is 1.35.